The van der Waals surface area contributed by atoms with Crippen molar-refractivity contribution < 1.29 is 4.79 Å². The standard InChI is InChI=1S/C16H25N3O.2ClH/c1-2-19-10-8-14(9-11-19)18-16(20)15(17)12-13-6-4-3-5-7-13;;/h3-7,14-15H,2,8-12,17H2,1H3,(H,18,20);2*1H. The van der Waals surface area contributed by atoms with Gasteiger partial charge in [0, 0.05) is 19.1 Å². The quantitative estimate of drug-likeness (QED) is 0.856. The van der Waals surface area contributed by atoms with E-state index in [9.17, 15) is 4.79 Å². The number of carbonyl (C=O) groups is 1. The summed E-state index contributed by atoms with van der Waals surface area (Å²) in [6.07, 6.45) is 2.65. The average molecular weight is 348 g/mol. The first-order chi connectivity index (χ1) is 9.69. The van der Waals surface area contributed by atoms with Crippen LogP contribution in [-0.4, -0.2) is 42.5 Å². The third-order valence-corrected chi connectivity index (χ3v) is 4.02. The number of hydrogen-bond acceptors (Lipinski definition) is 3. The van der Waals surface area contributed by atoms with Crippen molar-refractivity contribution in [2.45, 2.75) is 38.3 Å². The molecule has 0 aliphatic carbocycles. The summed E-state index contributed by atoms with van der Waals surface area (Å²) in [5.41, 5.74) is 7.10. The van der Waals surface area contributed by atoms with Crippen molar-refractivity contribution in [2.75, 3.05) is 19.6 Å². The first-order valence-corrected chi connectivity index (χ1v) is 7.51. The smallest absolute Gasteiger partial charge is 0.237 e. The maximum absolute atomic E-state index is 12.1. The Bertz CT molecular complexity index is 423. The van der Waals surface area contributed by atoms with Crippen LogP contribution < -0.4 is 11.1 Å². The van der Waals surface area contributed by atoms with Crippen molar-refractivity contribution in [2.24, 2.45) is 5.73 Å². The molecule has 0 bridgehead atoms. The summed E-state index contributed by atoms with van der Waals surface area (Å²) < 4.78 is 0. The van der Waals surface area contributed by atoms with Crippen molar-refractivity contribution in [3.63, 3.8) is 0 Å². The molecule has 0 radical (unpaired) electrons. The van der Waals surface area contributed by atoms with Gasteiger partial charge in [0.25, 0.3) is 0 Å². The van der Waals surface area contributed by atoms with Gasteiger partial charge >= 0.3 is 0 Å². The Morgan fingerprint density at radius 2 is 1.86 bits per heavy atom. The molecule has 1 aromatic rings. The molecule has 2 rings (SSSR count). The number of likely N-dealkylation sites (tertiary alicyclic amines) is 1. The van der Waals surface area contributed by atoms with Gasteiger partial charge < -0.3 is 16.0 Å². The maximum atomic E-state index is 12.1. The molecular weight excluding hydrogens is 321 g/mol. The Labute approximate surface area is 145 Å². The fraction of sp³-hybridized carbons (Fsp3) is 0.562. The topological polar surface area (TPSA) is 58.4 Å². The average Bonchev–Trinajstić information content (AvgIpc) is 2.49. The summed E-state index contributed by atoms with van der Waals surface area (Å²) in [4.78, 5) is 14.5. The van der Waals surface area contributed by atoms with Crippen LogP contribution in [0.2, 0.25) is 0 Å². The number of hydrogen-bond donors (Lipinski definition) is 2. The van der Waals surface area contributed by atoms with Gasteiger partial charge in [-0.25, -0.2) is 0 Å². The number of nitrogens with zero attached hydrogens (tertiary/aromatic N) is 1. The van der Waals surface area contributed by atoms with E-state index in [4.69, 9.17) is 5.73 Å². The Morgan fingerprint density at radius 3 is 2.41 bits per heavy atom. The molecule has 1 unspecified atom stereocenters. The molecule has 1 heterocycles. The molecule has 22 heavy (non-hydrogen) atoms. The number of benzene rings is 1. The molecule has 3 N–H and O–H groups in total. The number of nitrogens with one attached hydrogen (secondary N) is 1. The molecule has 1 saturated heterocycles. The second kappa shape index (κ2) is 10.8. The lowest BCUT2D eigenvalue weighted by atomic mass is 10.0. The monoisotopic (exact) mass is 347 g/mol. The Kier molecular flexibility index (Phi) is 10.4. The van der Waals surface area contributed by atoms with Gasteiger partial charge in [0.15, 0.2) is 0 Å². The molecule has 4 nitrogen and oxygen atoms in total. The van der Waals surface area contributed by atoms with Crippen LogP contribution in [0.25, 0.3) is 0 Å². The summed E-state index contributed by atoms with van der Waals surface area (Å²) in [5, 5.41) is 3.09. The summed E-state index contributed by atoms with van der Waals surface area (Å²) in [6, 6.07) is 9.76. The lowest BCUT2D eigenvalue weighted by Crippen LogP contribution is -2.50. The fourth-order valence-electron chi connectivity index (χ4n) is 2.66. The van der Waals surface area contributed by atoms with Crippen molar-refractivity contribution in [1.82, 2.24) is 10.2 Å². The van der Waals surface area contributed by atoms with Crippen molar-refractivity contribution in [3.05, 3.63) is 35.9 Å². The zero-order valence-corrected chi connectivity index (χ0v) is 14.7. The second-order valence-electron chi connectivity index (χ2n) is 5.51. The van der Waals surface area contributed by atoms with E-state index in [1.54, 1.807) is 0 Å². The predicted octanol–water partition coefficient (Wildman–Crippen LogP) is 2.00. The first kappa shape index (κ1) is 21.2. The third-order valence-electron chi connectivity index (χ3n) is 4.02. The highest BCUT2D eigenvalue weighted by Gasteiger charge is 2.22. The predicted molar refractivity (Wildman–Crippen MR) is 95.9 cm³/mol. The van der Waals surface area contributed by atoms with E-state index in [1.165, 1.54) is 0 Å². The molecule has 6 heteroatoms. The summed E-state index contributed by atoms with van der Waals surface area (Å²) in [5.74, 6) is -0.0243. The van der Waals surface area contributed by atoms with E-state index >= 15 is 0 Å². The molecule has 1 atom stereocenters. The van der Waals surface area contributed by atoms with Crippen LogP contribution in [0, 0.1) is 0 Å². The van der Waals surface area contributed by atoms with Gasteiger partial charge in [0.05, 0.1) is 6.04 Å². The van der Waals surface area contributed by atoms with Crippen LogP contribution in [-0.2, 0) is 11.2 Å². The van der Waals surface area contributed by atoms with Gasteiger partial charge in [-0.2, -0.15) is 0 Å². The Hall–Kier alpha value is -0.810. The van der Waals surface area contributed by atoms with E-state index in [0.717, 1.165) is 38.0 Å². The summed E-state index contributed by atoms with van der Waals surface area (Å²) in [6.45, 7) is 5.40. The minimum absolute atomic E-state index is 0. The molecule has 126 valence electrons. The number of piperidine rings is 1. The maximum Gasteiger partial charge on any atom is 0.237 e. The molecule has 1 aliphatic heterocycles. The number of carbonyl (C=O) groups excluding carboxylic acids is 1. The zero-order valence-electron chi connectivity index (χ0n) is 13.0. The minimum atomic E-state index is -0.457. The van der Waals surface area contributed by atoms with Gasteiger partial charge in [0.1, 0.15) is 0 Å². The molecular formula is C16H27Cl2N3O. The molecule has 1 fully saturated rings. The van der Waals surface area contributed by atoms with Crippen LogP contribution in [0.1, 0.15) is 25.3 Å². The number of amides is 1. The van der Waals surface area contributed by atoms with E-state index in [0.29, 0.717) is 6.42 Å². The van der Waals surface area contributed by atoms with E-state index < -0.39 is 6.04 Å². The van der Waals surface area contributed by atoms with Crippen LogP contribution in [0.5, 0.6) is 0 Å². The second-order valence-corrected chi connectivity index (χ2v) is 5.51. The minimum Gasteiger partial charge on any atom is -0.352 e. The molecule has 0 saturated carbocycles. The first-order valence-electron chi connectivity index (χ1n) is 7.51. The van der Waals surface area contributed by atoms with E-state index in [1.807, 2.05) is 30.3 Å². The summed E-state index contributed by atoms with van der Waals surface area (Å²) >= 11 is 0. The molecule has 1 amide bonds. The zero-order chi connectivity index (χ0) is 14.4. The van der Waals surface area contributed by atoms with E-state index in [2.05, 4.69) is 17.1 Å². The van der Waals surface area contributed by atoms with Gasteiger partial charge in [0.2, 0.25) is 5.91 Å². The van der Waals surface area contributed by atoms with Crippen LogP contribution in [0.3, 0.4) is 0 Å². The van der Waals surface area contributed by atoms with Gasteiger partial charge in [-0.05, 0) is 31.4 Å². The van der Waals surface area contributed by atoms with Gasteiger partial charge in [-0.3, -0.25) is 4.79 Å². The largest absolute Gasteiger partial charge is 0.352 e. The van der Waals surface area contributed by atoms with Crippen LogP contribution in [0.4, 0.5) is 0 Å². The van der Waals surface area contributed by atoms with Crippen molar-refractivity contribution in [1.29, 1.82) is 0 Å². The Morgan fingerprint density at radius 1 is 1.27 bits per heavy atom. The van der Waals surface area contributed by atoms with Crippen molar-refractivity contribution in [3.8, 4) is 0 Å². The lowest BCUT2D eigenvalue weighted by molar-refractivity contribution is -0.123. The highest BCUT2D eigenvalue weighted by molar-refractivity contribution is 5.85. The highest BCUT2D eigenvalue weighted by atomic mass is 35.5. The molecule has 1 aromatic carbocycles. The molecule has 1 aliphatic rings. The van der Waals surface area contributed by atoms with Gasteiger partial charge in [-0.1, -0.05) is 37.3 Å². The number of halogens is 2. The van der Waals surface area contributed by atoms with E-state index in [-0.39, 0.29) is 36.8 Å². The summed E-state index contributed by atoms with van der Waals surface area (Å²) in [7, 11) is 0. The third kappa shape index (κ3) is 6.53. The SMILES string of the molecule is CCN1CCC(NC(=O)C(N)Cc2ccccc2)CC1.Cl.Cl. The number of rotatable bonds is 5. The Balaban J connectivity index is 0.00000220. The normalized spacial score (nSPS) is 17.0. The number of nitrogens with two attached hydrogens (primary N) is 1. The van der Waals surface area contributed by atoms with Crippen molar-refractivity contribution >= 4 is 30.7 Å². The fourth-order valence-corrected chi connectivity index (χ4v) is 2.66. The molecule has 0 aromatic heterocycles. The van der Waals surface area contributed by atoms with Gasteiger partial charge in [-0.15, -0.1) is 24.8 Å². The molecule has 0 spiro atoms. The van der Waals surface area contributed by atoms with Crippen LogP contribution >= 0.6 is 24.8 Å². The highest BCUT2D eigenvalue weighted by Crippen LogP contribution is 2.10. The lowest BCUT2D eigenvalue weighted by Gasteiger charge is -2.32. The van der Waals surface area contributed by atoms with Crippen LogP contribution in [0.15, 0.2) is 30.3 Å².